The van der Waals surface area contributed by atoms with Gasteiger partial charge in [0.2, 0.25) is 17.7 Å². The van der Waals surface area contributed by atoms with Gasteiger partial charge in [0.15, 0.2) is 0 Å². The van der Waals surface area contributed by atoms with Crippen molar-refractivity contribution in [3.63, 3.8) is 0 Å². The van der Waals surface area contributed by atoms with Gasteiger partial charge >= 0.3 is 0 Å². The first-order chi connectivity index (χ1) is 22.6. The number of carbonyl (C=O) groups is 3. The molecule has 0 aliphatic carbocycles. The van der Waals surface area contributed by atoms with E-state index in [1.54, 1.807) is 43.3 Å². The van der Waals surface area contributed by atoms with Crippen LogP contribution in [0.1, 0.15) is 40.0 Å². The molecule has 0 saturated carbocycles. The molecule has 10 nitrogen and oxygen atoms in total. The van der Waals surface area contributed by atoms with Crippen LogP contribution in [0, 0.1) is 17.8 Å². The topological polar surface area (TPSA) is 112 Å². The molecule has 4 heterocycles. The van der Waals surface area contributed by atoms with Crippen molar-refractivity contribution in [1.29, 1.82) is 0 Å². The normalized spacial score (nSPS) is 26.9. The summed E-state index contributed by atoms with van der Waals surface area (Å²) in [6.45, 7) is 14.3. The summed E-state index contributed by atoms with van der Waals surface area (Å²) in [5.41, 5.74) is 2.24. The Morgan fingerprint density at radius 1 is 1.06 bits per heavy atom. The predicted octanol–water partition coefficient (Wildman–Crippen LogP) is 4.51. The number of amides is 3. The Hall–Kier alpha value is -3.96. The maximum Gasteiger partial charge on any atom is 0.248 e. The summed E-state index contributed by atoms with van der Waals surface area (Å²) in [5, 5.41) is 19.3. The number of hydrogen-bond acceptors (Lipinski definition) is 7. The van der Waals surface area contributed by atoms with Crippen LogP contribution >= 0.6 is 11.8 Å². The fraction of sp³-hybridized carbons (Fsp3) is 0.472. The van der Waals surface area contributed by atoms with Gasteiger partial charge < -0.3 is 19.8 Å². The maximum atomic E-state index is 15.0. The van der Waals surface area contributed by atoms with Crippen molar-refractivity contribution < 1.29 is 19.5 Å². The number of para-hydroxylation sites is 2. The van der Waals surface area contributed by atoms with Crippen molar-refractivity contribution in [2.75, 3.05) is 24.6 Å². The molecule has 3 amide bonds. The van der Waals surface area contributed by atoms with Crippen LogP contribution in [-0.4, -0.2) is 88.9 Å². The van der Waals surface area contributed by atoms with Crippen LogP contribution in [0.5, 0.6) is 0 Å². The summed E-state index contributed by atoms with van der Waals surface area (Å²) >= 11 is 1.63. The van der Waals surface area contributed by atoms with E-state index in [0.29, 0.717) is 31.3 Å². The van der Waals surface area contributed by atoms with Gasteiger partial charge in [-0.15, -0.1) is 30.0 Å². The summed E-state index contributed by atoms with van der Waals surface area (Å²) < 4.78 is 0.299. The molecule has 2 aromatic carbocycles. The second kappa shape index (κ2) is 12.9. The highest BCUT2D eigenvalue weighted by atomic mass is 32.2. The zero-order chi connectivity index (χ0) is 33.5. The second-order valence-corrected chi connectivity index (χ2v) is 15.5. The van der Waals surface area contributed by atoms with Gasteiger partial charge in [0.05, 0.1) is 34.7 Å². The molecule has 6 rings (SSSR count). The Labute approximate surface area is 280 Å². The molecule has 0 radical (unpaired) electrons. The Bertz CT molecular complexity index is 1680. The molecule has 3 aromatic rings. The number of benzene rings is 2. The van der Waals surface area contributed by atoms with Gasteiger partial charge in [-0.25, -0.2) is 4.68 Å². The van der Waals surface area contributed by atoms with Crippen LogP contribution in [0.2, 0.25) is 0 Å². The van der Waals surface area contributed by atoms with Crippen molar-refractivity contribution in [1.82, 2.24) is 24.8 Å². The van der Waals surface area contributed by atoms with Crippen LogP contribution < -0.4 is 4.90 Å². The van der Waals surface area contributed by atoms with Crippen molar-refractivity contribution >= 4 is 46.2 Å². The van der Waals surface area contributed by atoms with Crippen LogP contribution in [0.4, 0.5) is 5.69 Å². The number of carbonyl (C=O) groups excluding carboxylic acids is 3. The van der Waals surface area contributed by atoms with E-state index in [9.17, 15) is 14.7 Å². The van der Waals surface area contributed by atoms with Crippen molar-refractivity contribution in [3.8, 4) is 0 Å². The van der Waals surface area contributed by atoms with Gasteiger partial charge in [-0.3, -0.25) is 14.4 Å². The molecule has 6 atom stereocenters. The van der Waals surface area contributed by atoms with Gasteiger partial charge in [-0.05, 0) is 56.4 Å². The third-order valence-electron chi connectivity index (χ3n) is 10.1. The lowest BCUT2D eigenvalue weighted by molar-refractivity contribution is -0.147. The summed E-state index contributed by atoms with van der Waals surface area (Å²) in [7, 11) is 0. The number of rotatable bonds is 13. The van der Waals surface area contributed by atoms with Gasteiger partial charge in [-0.1, -0.05) is 61.5 Å². The minimum atomic E-state index is -0.875. The number of fused-ring (bicyclic) bond motifs is 2. The minimum Gasteiger partial charge on any atom is -0.394 e. The van der Waals surface area contributed by atoms with Crippen molar-refractivity contribution in [3.05, 3.63) is 79.9 Å². The monoisotopic (exact) mass is 656 g/mol. The highest BCUT2D eigenvalue weighted by molar-refractivity contribution is 8.02. The zero-order valence-electron chi connectivity index (χ0n) is 27.4. The standard InChI is InChI=1S/C36H44N6O4S/c1-6-19-39(23-41-28-16-12-11-15-27(28)37-38-41)34(46)31-36-18-17-35(5,47-36)29(30(36)33(45)42(31)26(22-43)21-24(3)4)32(44)40(20-7-2)25-13-9-8-10-14-25/h6-16,24,26,29-31,43H,1-2,17-23H2,3-5H3/t26-,29+,30+,31?,35-,36?/m1/s1. The first kappa shape index (κ1) is 33.0. The van der Waals surface area contributed by atoms with E-state index in [4.69, 9.17) is 0 Å². The molecular weight excluding hydrogens is 613 g/mol. The zero-order valence-corrected chi connectivity index (χ0v) is 28.2. The predicted molar refractivity (Wildman–Crippen MR) is 184 cm³/mol. The largest absolute Gasteiger partial charge is 0.394 e. The molecule has 2 unspecified atom stereocenters. The second-order valence-electron chi connectivity index (χ2n) is 13.6. The molecule has 3 saturated heterocycles. The number of likely N-dealkylation sites (tertiary alicyclic amines) is 1. The number of thioether (sulfide) groups is 1. The summed E-state index contributed by atoms with van der Waals surface area (Å²) in [6.07, 6.45) is 5.20. The molecule has 47 heavy (non-hydrogen) atoms. The minimum absolute atomic E-state index is 0.115. The van der Waals surface area contributed by atoms with Gasteiger partial charge in [0.1, 0.15) is 18.2 Å². The first-order valence-corrected chi connectivity index (χ1v) is 17.2. The van der Waals surface area contributed by atoms with Crippen molar-refractivity contribution in [2.45, 2.75) is 68.3 Å². The number of aliphatic hydroxyl groups is 1. The number of aliphatic hydroxyl groups excluding tert-OH is 1. The smallest absolute Gasteiger partial charge is 0.248 e. The molecule has 2 bridgehead atoms. The van der Waals surface area contributed by atoms with Gasteiger partial charge in [-0.2, -0.15) is 0 Å². The fourth-order valence-corrected chi connectivity index (χ4v) is 10.5. The molecule has 248 valence electrons. The third kappa shape index (κ3) is 5.47. The summed E-state index contributed by atoms with van der Waals surface area (Å²) in [5.74, 6) is -1.81. The van der Waals surface area contributed by atoms with E-state index in [-0.39, 0.29) is 43.5 Å². The van der Waals surface area contributed by atoms with E-state index < -0.39 is 33.4 Å². The molecule has 3 aliphatic rings. The van der Waals surface area contributed by atoms with E-state index in [1.165, 1.54) is 0 Å². The van der Waals surface area contributed by atoms with Gasteiger partial charge in [0, 0.05) is 23.5 Å². The molecular formula is C36H44N6O4S. The molecule has 11 heteroatoms. The van der Waals surface area contributed by atoms with E-state index in [0.717, 1.165) is 11.2 Å². The van der Waals surface area contributed by atoms with Crippen LogP contribution in [0.3, 0.4) is 0 Å². The van der Waals surface area contributed by atoms with Crippen molar-refractivity contribution in [2.24, 2.45) is 17.8 Å². The Kier molecular flexibility index (Phi) is 9.06. The van der Waals surface area contributed by atoms with Gasteiger partial charge in [0.25, 0.3) is 0 Å². The molecule has 3 fully saturated rings. The van der Waals surface area contributed by atoms with E-state index in [1.807, 2.05) is 68.4 Å². The number of nitrogens with zero attached hydrogens (tertiary/aromatic N) is 6. The number of hydrogen-bond donors (Lipinski definition) is 1. The number of aromatic nitrogens is 3. The average Bonchev–Trinajstić information content (AvgIpc) is 3.77. The Morgan fingerprint density at radius 3 is 2.45 bits per heavy atom. The highest BCUT2D eigenvalue weighted by Gasteiger charge is 2.78. The van der Waals surface area contributed by atoms with Crippen LogP contribution in [0.15, 0.2) is 79.9 Å². The molecule has 3 aliphatic heterocycles. The van der Waals surface area contributed by atoms with Crippen LogP contribution in [0.25, 0.3) is 11.0 Å². The average molecular weight is 657 g/mol. The molecule has 1 spiro atoms. The highest BCUT2D eigenvalue weighted by Crippen LogP contribution is 2.72. The molecule has 1 N–H and O–H groups in total. The van der Waals surface area contributed by atoms with E-state index in [2.05, 4.69) is 30.4 Å². The molecule has 1 aromatic heterocycles. The Balaban J connectivity index is 1.44. The lowest BCUT2D eigenvalue weighted by Crippen LogP contribution is -2.57. The fourth-order valence-electron chi connectivity index (χ4n) is 8.19. The number of anilines is 1. The quantitative estimate of drug-likeness (QED) is 0.270. The summed E-state index contributed by atoms with van der Waals surface area (Å²) in [6, 6.07) is 15.6. The summed E-state index contributed by atoms with van der Waals surface area (Å²) in [4.78, 5) is 49.7. The first-order valence-electron chi connectivity index (χ1n) is 16.4. The SMILES string of the molecule is C=CCN(Cn1nnc2ccccc21)C(=O)C1N([C@@H](CO)CC(C)C)C(=O)[C@@H]2[C@@H](C(=O)N(CC=C)c3ccccc3)[C@@]3(C)CCC12S3. The van der Waals surface area contributed by atoms with E-state index >= 15 is 4.79 Å². The maximum absolute atomic E-state index is 15.0. The van der Waals surface area contributed by atoms with Crippen LogP contribution in [-0.2, 0) is 21.1 Å². The Morgan fingerprint density at radius 2 is 1.77 bits per heavy atom. The lowest BCUT2D eigenvalue weighted by Gasteiger charge is -2.40. The lowest BCUT2D eigenvalue weighted by atomic mass is 9.66. The third-order valence-corrected chi connectivity index (χ3v) is 12.1.